The van der Waals surface area contributed by atoms with Gasteiger partial charge >= 0.3 is 0 Å². The highest BCUT2D eigenvalue weighted by molar-refractivity contribution is 6.33. The third-order valence-electron chi connectivity index (χ3n) is 2.40. The number of benzene rings is 1. The summed E-state index contributed by atoms with van der Waals surface area (Å²) in [6, 6.07) is 10.9. The zero-order valence-corrected chi connectivity index (χ0v) is 10.0. The van der Waals surface area contributed by atoms with Crippen LogP contribution in [0.15, 0.2) is 42.6 Å². The molecule has 1 aromatic heterocycles. The molecule has 0 saturated heterocycles. The van der Waals surface area contributed by atoms with E-state index >= 15 is 0 Å². The number of halogens is 1. The van der Waals surface area contributed by atoms with Gasteiger partial charge in [0.05, 0.1) is 5.56 Å². The van der Waals surface area contributed by atoms with Gasteiger partial charge < -0.3 is 5.32 Å². The number of aryl methyl sites for hydroxylation is 1. The van der Waals surface area contributed by atoms with Gasteiger partial charge in [0.2, 0.25) is 0 Å². The minimum atomic E-state index is -0.252. The highest BCUT2D eigenvalue weighted by Gasteiger charge is 2.11. The highest BCUT2D eigenvalue weighted by Crippen LogP contribution is 2.17. The fourth-order valence-corrected chi connectivity index (χ4v) is 1.66. The van der Waals surface area contributed by atoms with Crippen LogP contribution in [0.1, 0.15) is 15.9 Å². The Labute approximate surface area is 104 Å². The summed E-state index contributed by atoms with van der Waals surface area (Å²) < 4.78 is 0. The van der Waals surface area contributed by atoms with Crippen molar-refractivity contribution in [1.29, 1.82) is 0 Å². The van der Waals surface area contributed by atoms with Crippen molar-refractivity contribution in [3.8, 4) is 0 Å². The van der Waals surface area contributed by atoms with Crippen molar-refractivity contribution in [2.24, 2.45) is 0 Å². The molecule has 0 radical (unpaired) electrons. The molecule has 1 aromatic carbocycles. The zero-order valence-electron chi connectivity index (χ0n) is 9.27. The van der Waals surface area contributed by atoms with E-state index < -0.39 is 0 Å². The molecule has 3 nitrogen and oxygen atoms in total. The monoisotopic (exact) mass is 246 g/mol. The summed E-state index contributed by atoms with van der Waals surface area (Å²) in [6.45, 7) is 1.93. The lowest BCUT2D eigenvalue weighted by Gasteiger charge is -2.08. The molecule has 0 spiro atoms. The summed E-state index contributed by atoms with van der Waals surface area (Å²) in [5, 5.41) is 3.01. The third kappa shape index (κ3) is 2.63. The molecule has 0 aliphatic carbocycles. The molecular formula is C13H11ClN2O. The number of hydrogen-bond donors (Lipinski definition) is 1. The quantitative estimate of drug-likeness (QED) is 0.826. The summed E-state index contributed by atoms with van der Waals surface area (Å²) in [5.41, 5.74) is 2.15. The molecule has 0 saturated carbocycles. The highest BCUT2D eigenvalue weighted by atomic mass is 35.5. The van der Waals surface area contributed by atoms with E-state index in [0.717, 1.165) is 11.3 Å². The number of pyridine rings is 1. The van der Waals surface area contributed by atoms with Crippen LogP contribution in [-0.2, 0) is 0 Å². The minimum Gasteiger partial charge on any atom is -0.322 e. The van der Waals surface area contributed by atoms with Gasteiger partial charge in [-0.05, 0) is 30.7 Å². The zero-order chi connectivity index (χ0) is 12.3. The van der Waals surface area contributed by atoms with Gasteiger partial charge in [0.15, 0.2) is 0 Å². The molecule has 17 heavy (non-hydrogen) atoms. The average molecular weight is 247 g/mol. The fourth-order valence-electron chi connectivity index (χ4n) is 1.46. The fraction of sp³-hybridized carbons (Fsp3) is 0.0769. The first-order valence-corrected chi connectivity index (χ1v) is 5.54. The van der Waals surface area contributed by atoms with E-state index in [1.54, 1.807) is 18.3 Å². The first-order valence-electron chi connectivity index (χ1n) is 5.16. The number of anilines is 1. The topological polar surface area (TPSA) is 42.0 Å². The number of aromatic nitrogens is 1. The molecule has 0 fully saturated rings. The van der Waals surface area contributed by atoms with E-state index in [-0.39, 0.29) is 11.1 Å². The molecule has 2 rings (SSSR count). The number of carbonyl (C=O) groups is 1. The second-order valence-corrected chi connectivity index (χ2v) is 3.97. The van der Waals surface area contributed by atoms with Gasteiger partial charge in [-0.1, -0.05) is 29.8 Å². The van der Waals surface area contributed by atoms with E-state index in [0.29, 0.717) is 5.56 Å². The third-order valence-corrected chi connectivity index (χ3v) is 2.70. The maximum Gasteiger partial charge on any atom is 0.258 e. The number of carbonyl (C=O) groups excluding carboxylic acids is 1. The SMILES string of the molecule is Cc1ccccc1NC(=O)c1cccnc1Cl. The Bertz CT molecular complexity index is 555. The molecule has 0 unspecified atom stereocenters. The number of nitrogens with zero attached hydrogens (tertiary/aromatic N) is 1. The van der Waals surface area contributed by atoms with Crippen molar-refractivity contribution in [3.63, 3.8) is 0 Å². The Morgan fingerprint density at radius 3 is 2.71 bits per heavy atom. The van der Waals surface area contributed by atoms with E-state index in [9.17, 15) is 4.79 Å². The van der Waals surface area contributed by atoms with Crippen molar-refractivity contribution in [3.05, 3.63) is 58.9 Å². The summed E-state index contributed by atoms with van der Waals surface area (Å²) in [6.07, 6.45) is 1.55. The maximum absolute atomic E-state index is 12.0. The van der Waals surface area contributed by atoms with Crippen LogP contribution in [0.25, 0.3) is 0 Å². The molecule has 0 aliphatic rings. The van der Waals surface area contributed by atoms with Gasteiger partial charge in [-0.2, -0.15) is 0 Å². The smallest absolute Gasteiger partial charge is 0.258 e. The van der Waals surface area contributed by atoms with E-state index in [1.807, 2.05) is 31.2 Å². The molecule has 1 amide bonds. The van der Waals surface area contributed by atoms with Gasteiger partial charge in [0.25, 0.3) is 5.91 Å². The molecule has 4 heteroatoms. The van der Waals surface area contributed by atoms with Crippen molar-refractivity contribution < 1.29 is 4.79 Å². The van der Waals surface area contributed by atoms with Crippen LogP contribution in [0, 0.1) is 6.92 Å². The van der Waals surface area contributed by atoms with Crippen LogP contribution >= 0.6 is 11.6 Å². The van der Waals surface area contributed by atoms with E-state index in [4.69, 9.17) is 11.6 Å². The average Bonchev–Trinajstić information content (AvgIpc) is 2.32. The second-order valence-electron chi connectivity index (χ2n) is 3.61. The first-order chi connectivity index (χ1) is 8.18. The van der Waals surface area contributed by atoms with Gasteiger partial charge in [-0.25, -0.2) is 4.98 Å². The number of rotatable bonds is 2. The van der Waals surface area contributed by atoms with Gasteiger partial charge in [0, 0.05) is 11.9 Å². The van der Waals surface area contributed by atoms with Crippen LogP contribution in [0.5, 0.6) is 0 Å². The van der Waals surface area contributed by atoms with Crippen LogP contribution in [0.3, 0.4) is 0 Å². The largest absolute Gasteiger partial charge is 0.322 e. The van der Waals surface area contributed by atoms with Crippen LogP contribution in [0.4, 0.5) is 5.69 Å². The molecule has 0 aliphatic heterocycles. The Balaban J connectivity index is 2.24. The summed E-state index contributed by atoms with van der Waals surface area (Å²) in [5.74, 6) is -0.252. The standard InChI is InChI=1S/C13H11ClN2O/c1-9-5-2-3-7-11(9)16-13(17)10-6-4-8-15-12(10)14/h2-8H,1H3,(H,16,17). The van der Waals surface area contributed by atoms with Gasteiger partial charge in [-0.15, -0.1) is 0 Å². The van der Waals surface area contributed by atoms with E-state index in [2.05, 4.69) is 10.3 Å². The van der Waals surface area contributed by atoms with Crippen LogP contribution in [-0.4, -0.2) is 10.9 Å². The second kappa shape index (κ2) is 4.97. The summed E-state index contributed by atoms with van der Waals surface area (Å²) in [4.78, 5) is 15.8. The Morgan fingerprint density at radius 1 is 1.24 bits per heavy atom. The van der Waals surface area contributed by atoms with Crippen LogP contribution < -0.4 is 5.32 Å². The van der Waals surface area contributed by atoms with Crippen molar-refractivity contribution in [2.75, 3.05) is 5.32 Å². The number of para-hydroxylation sites is 1. The van der Waals surface area contributed by atoms with Crippen molar-refractivity contribution in [2.45, 2.75) is 6.92 Å². The van der Waals surface area contributed by atoms with Crippen LogP contribution in [0.2, 0.25) is 5.15 Å². The Kier molecular flexibility index (Phi) is 3.40. The van der Waals surface area contributed by atoms with Crippen molar-refractivity contribution in [1.82, 2.24) is 4.98 Å². The number of hydrogen-bond acceptors (Lipinski definition) is 2. The predicted molar refractivity (Wildman–Crippen MR) is 68.4 cm³/mol. The number of amides is 1. The molecule has 2 aromatic rings. The van der Waals surface area contributed by atoms with Gasteiger partial charge in [0.1, 0.15) is 5.15 Å². The molecule has 1 N–H and O–H groups in total. The molecular weight excluding hydrogens is 236 g/mol. The van der Waals surface area contributed by atoms with Crippen molar-refractivity contribution >= 4 is 23.2 Å². The molecule has 86 valence electrons. The lowest BCUT2D eigenvalue weighted by molar-refractivity contribution is 0.102. The predicted octanol–water partition coefficient (Wildman–Crippen LogP) is 3.30. The molecule has 0 atom stereocenters. The Morgan fingerprint density at radius 2 is 2.00 bits per heavy atom. The molecule has 0 bridgehead atoms. The lowest BCUT2D eigenvalue weighted by atomic mass is 10.2. The summed E-state index contributed by atoms with van der Waals surface area (Å²) >= 11 is 5.85. The Hall–Kier alpha value is -1.87. The van der Waals surface area contributed by atoms with E-state index in [1.165, 1.54) is 0 Å². The normalized spacial score (nSPS) is 10.0. The maximum atomic E-state index is 12.0. The van der Waals surface area contributed by atoms with Gasteiger partial charge in [-0.3, -0.25) is 4.79 Å². The molecule has 1 heterocycles. The number of nitrogens with one attached hydrogen (secondary N) is 1. The lowest BCUT2D eigenvalue weighted by Crippen LogP contribution is -2.13. The minimum absolute atomic E-state index is 0.207. The summed E-state index contributed by atoms with van der Waals surface area (Å²) in [7, 11) is 0. The first kappa shape index (κ1) is 11.6.